The van der Waals surface area contributed by atoms with Gasteiger partial charge in [0.2, 0.25) is 5.16 Å². The quantitative estimate of drug-likeness (QED) is 0.170. The maximum absolute atomic E-state index is 12.5. The van der Waals surface area contributed by atoms with E-state index in [2.05, 4.69) is 26.9 Å². The molecule has 3 aromatic carbocycles. The molecule has 0 atom stereocenters. The highest BCUT2D eigenvalue weighted by Gasteiger charge is 2.35. The van der Waals surface area contributed by atoms with Crippen molar-refractivity contribution in [1.82, 2.24) is 24.6 Å². The normalized spacial score (nSPS) is 12.9. The van der Waals surface area contributed by atoms with Gasteiger partial charge >= 0.3 is 5.97 Å². The second-order valence-corrected chi connectivity index (χ2v) is 9.63. The molecule has 2 amide bonds. The monoisotopic (exact) mass is 523 g/mol. The lowest BCUT2D eigenvalue weighted by Crippen LogP contribution is -2.33. The number of benzene rings is 3. The average molecular weight is 524 g/mol. The number of nitrogens with zero attached hydrogens (tertiary/aromatic N) is 5. The van der Waals surface area contributed by atoms with E-state index in [4.69, 9.17) is 9.72 Å². The van der Waals surface area contributed by atoms with E-state index in [0.29, 0.717) is 34.0 Å². The molecular formula is C28H21N5O4S. The van der Waals surface area contributed by atoms with E-state index in [1.54, 1.807) is 24.3 Å². The molecule has 2 aromatic heterocycles. The minimum Gasteiger partial charge on any atom is -0.443 e. The largest absolute Gasteiger partial charge is 0.443 e. The number of thioether (sulfide) groups is 1. The van der Waals surface area contributed by atoms with Crippen LogP contribution in [0.1, 0.15) is 26.3 Å². The van der Waals surface area contributed by atoms with Crippen LogP contribution >= 0.6 is 11.8 Å². The summed E-state index contributed by atoms with van der Waals surface area (Å²) in [5, 5.41) is 9.92. The summed E-state index contributed by atoms with van der Waals surface area (Å²) in [5.74, 6) is -1.65. The molecule has 1 aliphatic heterocycles. The van der Waals surface area contributed by atoms with Crippen LogP contribution in [0.25, 0.3) is 22.1 Å². The predicted octanol–water partition coefficient (Wildman–Crippen LogP) is 4.11. The van der Waals surface area contributed by atoms with Crippen molar-refractivity contribution in [3.05, 3.63) is 95.6 Å². The summed E-state index contributed by atoms with van der Waals surface area (Å²) in [6, 6.07) is 24.7. The first kappa shape index (κ1) is 23.8. The van der Waals surface area contributed by atoms with E-state index < -0.39 is 24.5 Å². The maximum Gasteiger partial charge on any atom is 0.318 e. The van der Waals surface area contributed by atoms with E-state index in [9.17, 15) is 14.4 Å². The zero-order chi connectivity index (χ0) is 26.1. The molecule has 38 heavy (non-hydrogen) atoms. The molecule has 5 aromatic rings. The fraction of sp³-hybridized carbons (Fsp3) is 0.143. The Hall–Kier alpha value is -4.57. The second-order valence-electron chi connectivity index (χ2n) is 8.69. The van der Waals surface area contributed by atoms with Gasteiger partial charge in [-0.15, -0.1) is 10.2 Å². The number of amides is 2. The number of para-hydroxylation sites is 1. The Morgan fingerprint density at radius 3 is 2.29 bits per heavy atom. The highest BCUT2D eigenvalue weighted by Crippen LogP contribution is 2.28. The molecule has 3 heterocycles. The van der Waals surface area contributed by atoms with E-state index in [-0.39, 0.29) is 5.75 Å². The standard InChI is InChI=1S/C28H21N5O4S/c34-23(37-17-33-26(35)19-10-4-5-11-20(19)27(33)36)16-38-28-29-25-24(30-31-28)21-12-6-7-13-22(21)32(25)15-14-18-8-2-1-3-9-18/h1-13H,14-17H2. The molecule has 0 fully saturated rings. The van der Waals surface area contributed by atoms with Gasteiger partial charge in [0.15, 0.2) is 12.4 Å². The number of ether oxygens (including phenoxy) is 1. The van der Waals surface area contributed by atoms with Gasteiger partial charge in [-0.2, -0.15) is 0 Å². The Bertz CT molecular complexity index is 1670. The van der Waals surface area contributed by atoms with Crippen molar-refractivity contribution < 1.29 is 19.1 Å². The Kier molecular flexibility index (Phi) is 6.30. The Morgan fingerprint density at radius 2 is 1.53 bits per heavy atom. The zero-order valence-electron chi connectivity index (χ0n) is 20.1. The van der Waals surface area contributed by atoms with Crippen LogP contribution in [0.4, 0.5) is 0 Å². The van der Waals surface area contributed by atoms with Crippen LogP contribution in [0, 0.1) is 0 Å². The number of aromatic nitrogens is 4. The average Bonchev–Trinajstić information content (AvgIpc) is 3.40. The topological polar surface area (TPSA) is 107 Å². The third kappa shape index (κ3) is 4.39. The van der Waals surface area contributed by atoms with Crippen LogP contribution in [0.5, 0.6) is 0 Å². The molecule has 0 unspecified atom stereocenters. The van der Waals surface area contributed by atoms with Gasteiger partial charge < -0.3 is 9.30 Å². The van der Waals surface area contributed by atoms with Crippen molar-refractivity contribution in [1.29, 1.82) is 0 Å². The molecule has 6 rings (SSSR count). The second kappa shape index (κ2) is 10.1. The minimum atomic E-state index is -0.597. The SMILES string of the molecule is O=C(CSc1nnc2c3ccccc3n(CCc3ccccc3)c2n1)OCN1C(=O)c2ccccc2C1=O. The fourth-order valence-corrected chi connectivity index (χ4v) is 5.10. The van der Waals surface area contributed by atoms with Crippen LogP contribution < -0.4 is 0 Å². The number of rotatable bonds is 8. The third-order valence-corrected chi connectivity index (χ3v) is 7.18. The van der Waals surface area contributed by atoms with Crippen molar-refractivity contribution in [2.24, 2.45) is 0 Å². The van der Waals surface area contributed by atoms with Crippen molar-refractivity contribution in [2.75, 3.05) is 12.5 Å². The Morgan fingerprint density at radius 1 is 0.842 bits per heavy atom. The Labute approximate surface area is 221 Å². The minimum absolute atomic E-state index is 0.0966. The lowest BCUT2D eigenvalue weighted by Gasteiger charge is -2.13. The van der Waals surface area contributed by atoms with Crippen molar-refractivity contribution in [3.63, 3.8) is 0 Å². The maximum atomic E-state index is 12.5. The first-order chi connectivity index (χ1) is 18.6. The predicted molar refractivity (Wildman–Crippen MR) is 142 cm³/mol. The first-order valence-corrected chi connectivity index (χ1v) is 13.0. The summed E-state index contributed by atoms with van der Waals surface area (Å²) >= 11 is 1.09. The highest BCUT2D eigenvalue weighted by atomic mass is 32.2. The Balaban J connectivity index is 1.15. The first-order valence-electron chi connectivity index (χ1n) is 12.0. The molecule has 0 saturated heterocycles. The molecule has 0 bridgehead atoms. The number of hydrogen-bond donors (Lipinski definition) is 0. The number of carbonyl (C=O) groups excluding carboxylic acids is 3. The third-order valence-electron chi connectivity index (χ3n) is 6.37. The van der Waals surface area contributed by atoms with E-state index >= 15 is 0 Å². The van der Waals surface area contributed by atoms with Gasteiger partial charge in [0, 0.05) is 11.9 Å². The highest BCUT2D eigenvalue weighted by molar-refractivity contribution is 7.99. The smallest absolute Gasteiger partial charge is 0.318 e. The summed E-state index contributed by atoms with van der Waals surface area (Å²) < 4.78 is 7.33. The number of esters is 1. The van der Waals surface area contributed by atoms with Crippen LogP contribution in [0.3, 0.4) is 0 Å². The van der Waals surface area contributed by atoms with Crippen LogP contribution in [0.2, 0.25) is 0 Å². The lowest BCUT2D eigenvalue weighted by molar-refractivity contribution is -0.142. The van der Waals surface area contributed by atoms with Crippen molar-refractivity contribution in [2.45, 2.75) is 18.1 Å². The summed E-state index contributed by atoms with van der Waals surface area (Å²) in [7, 11) is 0. The number of imide groups is 1. The van der Waals surface area contributed by atoms with Gasteiger partial charge in [-0.3, -0.25) is 14.4 Å². The van der Waals surface area contributed by atoms with Crippen molar-refractivity contribution >= 4 is 51.6 Å². The molecule has 0 saturated carbocycles. The van der Waals surface area contributed by atoms with Crippen LogP contribution in [-0.4, -0.2) is 54.9 Å². The molecule has 9 nitrogen and oxygen atoms in total. The van der Waals surface area contributed by atoms with E-state index in [1.807, 2.05) is 42.5 Å². The molecule has 10 heteroatoms. The summed E-state index contributed by atoms with van der Waals surface area (Å²) in [6.07, 6.45) is 0.825. The number of fused-ring (bicyclic) bond motifs is 4. The molecular weight excluding hydrogens is 502 g/mol. The van der Waals surface area contributed by atoms with Gasteiger partial charge in [-0.25, -0.2) is 9.88 Å². The number of carbonyl (C=O) groups is 3. The molecule has 0 spiro atoms. The fourth-order valence-electron chi connectivity index (χ4n) is 4.52. The molecule has 0 aliphatic carbocycles. The van der Waals surface area contributed by atoms with Crippen LogP contribution in [-0.2, 0) is 22.5 Å². The summed E-state index contributed by atoms with van der Waals surface area (Å²) in [6.45, 7) is 0.261. The lowest BCUT2D eigenvalue weighted by atomic mass is 10.1. The molecule has 1 aliphatic rings. The summed E-state index contributed by atoms with van der Waals surface area (Å²) in [4.78, 5) is 42.9. The number of aryl methyl sites for hydroxylation is 2. The van der Waals surface area contributed by atoms with E-state index in [1.165, 1.54) is 5.56 Å². The van der Waals surface area contributed by atoms with Gasteiger partial charge in [0.05, 0.1) is 22.4 Å². The number of hydrogen-bond acceptors (Lipinski definition) is 8. The van der Waals surface area contributed by atoms with Crippen LogP contribution in [0.15, 0.2) is 84.0 Å². The molecule has 188 valence electrons. The molecule has 0 N–H and O–H groups in total. The zero-order valence-corrected chi connectivity index (χ0v) is 20.9. The molecule has 0 radical (unpaired) electrons. The summed E-state index contributed by atoms with van der Waals surface area (Å²) in [5.41, 5.74) is 4.24. The van der Waals surface area contributed by atoms with Gasteiger partial charge in [-0.05, 0) is 30.2 Å². The van der Waals surface area contributed by atoms with Crippen molar-refractivity contribution in [3.8, 4) is 0 Å². The van der Waals surface area contributed by atoms with Gasteiger partial charge in [0.1, 0.15) is 5.52 Å². The van der Waals surface area contributed by atoms with Gasteiger partial charge in [-0.1, -0.05) is 72.4 Å². The van der Waals surface area contributed by atoms with E-state index in [0.717, 1.165) is 34.0 Å². The van der Waals surface area contributed by atoms with Gasteiger partial charge in [0.25, 0.3) is 11.8 Å².